The molecule has 2 amide bonds. The Morgan fingerprint density at radius 1 is 0.808 bits per heavy atom. The third kappa shape index (κ3) is 10.9. The molecule has 52 heavy (non-hydrogen) atoms. The van der Waals surface area contributed by atoms with Gasteiger partial charge in [-0.15, -0.1) is 0 Å². The van der Waals surface area contributed by atoms with Gasteiger partial charge in [0.15, 0.2) is 12.3 Å². The van der Waals surface area contributed by atoms with Crippen molar-refractivity contribution in [1.29, 1.82) is 0 Å². The van der Waals surface area contributed by atoms with Gasteiger partial charge in [-0.1, -0.05) is 91.0 Å². The van der Waals surface area contributed by atoms with E-state index in [2.05, 4.69) is 5.32 Å². The van der Waals surface area contributed by atoms with E-state index in [1.54, 1.807) is 112 Å². The smallest absolute Gasteiger partial charge is 0.413 e. The van der Waals surface area contributed by atoms with Crippen LogP contribution in [0.3, 0.4) is 0 Å². The fraction of sp³-hybridized carbons (Fsp3) is 0.385. The molecule has 0 bridgehead atoms. The number of Topliss-reactive ketones (excluding diaryl/α,β-unsaturated/α-hetero) is 1. The lowest BCUT2D eigenvalue weighted by atomic mass is 9.82. The van der Waals surface area contributed by atoms with Gasteiger partial charge in [-0.25, -0.2) is 19.2 Å². The molecule has 276 valence electrons. The molecule has 1 fully saturated rings. The van der Waals surface area contributed by atoms with Crippen molar-refractivity contribution >= 4 is 35.9 Å². The maximum Gasteiger partial charge on any atom is 0.413 e. The van der Waals surface area contributed by atoms with Crippen molar-refractivity contribution in [3.8, 4) is 0 Å². The highest BCUT2D eigenvalue weighted by Crippen LogP contribution is 2.35. The number of hydrogen-bond acceptors (Lipinski definition) is 11. The molecule has 0 radical (unpaired) electrons. The number of carbonyl (C=O) groups is 6. The Hall–Kier alpha value is -5.72. The maximum atomic E-state index is 14.1. The van der Waals surface area contributed by atoms with E-state index in [-0.39, 0.29) is 26.1 Å². The quantitative estimate of drug-likeness (QED) is 0.124. The summed E-state index contributed by atoms with van der Waals surface area (Å²) < 4.78 is 26.7. The van der Waals surface area contributed by atoms with Crippen molar-refractivity contribution in [2.75, 3.05) is 13.8 Å². The number of nitrogens with one attached hydrogen (secondary N) is 1. The lowest BCUT2D eigenvalue weighted by molar-refractivity contribution is -0.154. The molecule has 13 nitrogen and oxygen atoms in total. The fourth-order valence-electron chi connectivity index (χ4n) is 5.65. The summed E-state index contributed by atoms with van der Waals surface area (Å²) in [4.78, 5) is 81.6. The fourth-order valence-corrected chi connectivity index (χ4v) is 5.65. The zero-order chi connectivity index (χ0) is 37.7. The van der Waals surface area contributed by atoms with Gasteiger partial charge in [0.2, 0.25) is 0 Å². The number of rotatable bonds is 15. The van der Waals surface area contributed by atoms with Gasteiger partial charge in [-0.05, 0) is 50.3 Å². The Labute approximate surface area is 302 Å². The molecule has 4 rings (SSSR count). The van der Waals surface area contributed by atoms with E-state index in [1.807, 2.05) is 0 Å². The number of ketones is 1. The highest BCUT2D eigenvalue weighted by molar-refractivity contribution is 6.00. The van der Waals surface area contributed by atoms with Gasteiger partial charge in [0.25, 0.3) is 0 Å². The van der Waals surface area contributed by atoms with Crippen LogP contribution in [-0.4, -0.2) is 71.8 Å². The topological polar surface area (TPSA) is 164 Å². The zero-order valence-electron chi connectivity index (χ0n) is 29.7. The number of carbonyl (C=O) groups excluding carboxylic acids is 6. The molecule has 1 heterocycles. The number of amides is 2. The van der Waals surface area contributed by atoms with Crippen molar-refractivity contribution in [1.82, 2.24) is 10.2 Å². The minimum absolute atomic E-state index is 0.0120. The number of benzene rings is 3. The van der Waals surface area contributed by atoms with Crippen LogP contribution in [0.25, 0.3) is 0 Å². The summed E-state index contributed by atoms with van der Waals surface area (Å²) in [5.74, 6) is -4.93. The van der Waals surface area contributed by atoms with E-state index in [4.69, 9.17) is 23.7 Å². The van der Waals surface area contributed by atoms with E-state index in [0.717, 1.165) is 12.0 Å². The minimum Gasteiger partial charge on any atom is -0.467 e. The largest absolute Gasteiger partial charge is 0.467 e. The predicted molar refractivity (Wildman–Crippen MR) is 186 cm³/mol. The summed E-state index contributed by atoms with van der Waals surface area (Å²) in [6, 6.07) is 25.0. The third-order valence-electron chi connectivity index (χ3n) is 8.32. The summed E-state index contributed by atoms with van der Waals surface area (Å²) in [7, 11) is 1.10. The van der Waals surface area contributed by atoms with Crippen molar-refractivity contribution in [3.63, 3.8) is 0 Å². The van der Waals surface area contributed by atoms with Gasteiger partial charge >= 0.3 is 30.1 Å². The van der Waals surface area contributed by atoms with E-state index < -0.39 is 78.5 Å². The van der Waals surface area contributed by atoms with Gasteiger partial charge in [0.1, 0.15) is 36.6 Å². The molecule has 1 aliphatic rings. The molecule has 3 aromatic rings. The summed E-state index contributed by atoms with van der Waals surface area (Å²) >= 11 is 0. The monoisotopic (exact) mass is 716 g/mol. The standard InChI is InChI=1S/C39H44N2O11/c1-38(2,3)52-37(47)41-26-51-35(45)39(41,23-27-14-8-5-9-15-27)21-20-32(42)30(33(43)49-24-28-16-10-6-11-17-28)22-31(34(44)48-4)40-36(46)50-25-29-18-12-7-13-19-29/h5-19,30-31H,20-26H2,1-4H3,(H,40,46). The van der Waals surface area contributed by atoms with Crippen molar-refractivity contribution in [2.45, 2.75) is 76.9 Å². The van der Waals surface area contributed by atoms with E-state index in [0.29, 0.717) is 16.7 Å². The second-order valence-corrected chi connectivity index (χ2v) is 13.3. The van der Waals surface area contributed by atoms with Crippen LogP contribution in [0.5, 0.6) is 0 Å². The average molecular weight is 717 g/mol. The van der Waals surface area contributed by atoms with E-state index >= 15 is 0 Å². The van der Waals surface area contributed by atoms with Crippen LogP contribution in [0.1, 0.15) is 56.7 Å². The van der Waals surface area contributed by atoms with Gasteiger partial charge < -0.3 is 29.0 Å². The lowest BCUT2D eigenvalue weighted by Crippen LogP contribution is -2.54. The Morgan fingerprint density at radius 3 is 1.88 bits per heavy atom. The van der Waals surface area contributed by atoms with Crippen LogP contribution in [0.2, 0.25) is 0 Å². The molecule has 0 spiro atoms. The molecule has 3 atom stereocenters. The molecule has 0 aromatic heterocycles. The molecule has 1 aliphatic heterocycles. The molecular formula is C39H44N2O11. The number of alkyl carbamates (subject to hydrolysis) is 1. The van der Waals surface area contributed by atoms with Crippen LogP contribution in [0.4, 0.5) is 9.59 Å². The van der Waals surface area contributed by atoms with E-state index in [9.17, 15) is 28.8 Å². The predicted octanol–water partition coefficient (Wildman–Crippen LogP) is 5.29. The maximum absolute atomic E-state index is 14.1. The minimum atomic E-state index is -1.67. The van der Waals surface area contributed by atoms with Crippen LogP contribution < -0.4 is 5.32 Å². The summed E-state index contributed by atoms with van der Waals surface area (Å²) in [5, 5.41) is 2.40. The lowest BCUT2D eigenvalue weighted by Gasteiger charge is -2.35. The van der Waals surface area contributed by atoms with Gasteiger partial charge in [-0.3, -0.25) is 14.5 Å². The molecule has 1 N–H and O–H groups in total. The first kappa shape index (κ1) is 39.1. The zero-order valence-corrected chi connectivity index (χ0v) is 29.7. The highest BCUT2D eigenvalue weighted by atomic mass is 16.6. The third-order valence-corrected chi connectivity index (χ3v) is 8.32. The number of cyclic esters (lactones) is 1. The van der Waals surface area contributed by atoms with Crippen LogP contribution >= 0.6 is 0 Å². The van der Waals surface area contributed by atoms with Crippen molar-refractivity contribution < 1.29 is 52.5 Å². The average Bonchev–Trinajstić information content (AvgIpc) is 3.45. The van der Waals surface area contributed by atoms with Gasteiger partial charge in [0.05, 0.1) is 7.11 Å². The summed E-state index contributed by atoms with van der Waals surface area (Å²) in [6.07, 6.45) is -3.01. The Kier molecular flexibility index (Phi) is 13.5. The van der Waals surface area contributed by atoms with Crippen LogP contribution in [0.15, 0.2) is 91.0 Å². The summed E-state index contributed by atoms with van der Waals surface area (Å²) in [6.45, 7) is 4.37. The van der Waals surface area contributed by atoms with E-state index in [1.165, 1.54) is 0 Å². The highest BCUT2D eigenvalue weighted by Gasteiger charge is 2.54. The van der Waals surface area contributed by atoms with Crippen LogP contribution in [0, 0.1) is 5.92 Å². The van der Waals surface area contributed by atoms with Crippen molar-refractivity contribution in [3.05, 3.63) is 108 Å². The summed E-state index contributed by atoms with van der Waals surface area (Å²) in [5.41, 5.74) is -0.537. The van der Waals surface area contributed by atoms with Crippen molar-refractivity contribution in [2.24, 2.45) is 5.92 Å². The molecule has 3 unspecified atom stereocenters. The molecule has 3 aromatic carbocycles. The second kappa shape index (κ2) is 18.0. The Balaban J connectivity index is 1.60. The molecule has 13 heteroatoms. The second-order valence-electron chi connectivity index (χ2n) is 13.3. The molecule has 0 saturated carbocycles. The van der Waals surface area contributed by atoms with Gasteiger partial charge in [-0.2, -0.15) is 0 Å². The number of methoxy groups -OCH3 is 1. The molecule has 1 saturated heterocycles. The first-order chi connectivity index (χ1) is 24.8. The first-order valence-electron chi connectivity index (χ1n) is 16.8. The van der Waals surface area contributed by atoms with Crippen LogP contribution in [-0.2, 0) is 62.5 Å². The normalized spacial score (nSPS) is 16.5. The Bertz CT molecular complexity index is 1690. The SMILES string of the molecule is COC(=O)C(CC(C(=O)CCC1(Cc2ccccc2)C(=O)OCN1C(=O)OC(C)(C)C)C(=O)OCc1ccccc1)NC(=O)OCc1ccccc1. The van der Waals surface area contributed by atoms with Gasteiger partial charge in [0, 0.05) is 12.8 Å². The number of ether oxygens (including phenoxy) is 5. The molecular weight excluding hydrogens is 672 g/mol. The number of nitrogens with zero attached hydrogens (tertiary/aromatic N) is 1. The molecule has 0 aliphatic carbocycles. The Morgan fingerprint density at radius 2 is 1.35 bits per heavy atom. The number of esters is 3. The number of hydrogen-bond donors (Lipinski definition) is 1. The first-order valence-corrected chi connectivity index (χ1v) is 16.8.